The number of quaternary nitrogens is 1. The normalized spacial score (nSPS) is 15.4. The van der Waals surface area contributed by atoms with Crippen LogP contribution in [-0.4, -0.2) is 68.5 Å². The summed E-state index contributed by atoms with van der Waals surface area (Å²) in [6.45, 7) is 4.42. The van der Waals surface area contributed by atoms with Gasteiger partial charge >= 0.3 is 0 Å². The number of nitrogens with zero attached hydrogens (tertiary/aromatic N) is 1. The monoisotopic (exact) mass is 654 g/mol. The number of phosphoric acid groups is 1. The van der Waals surface area contributed by atoms with Gasteiger partial charge in [-0.15, -0.1) is 0 Å². The molecule has 0 aliphatic heterocycles. The number of nitrogens with one attached hydrogen (secondary N) is 1. The Morgan fingerprint density at radius 1 is 0.778 bits per heavy atom. The van der Waals surface area contributed by atoms with Gasteiger partial charge in [-0.3, -0.25) is 9.36 Å². The Bertz CT molecular complexity index is 881. The number of unbranched alkanes of at least 4 members (excludes halogenated alkanes) is 11. The van der Waals surface area contributed by atoms with Gasteiger partial charge in [-0.1, -0.05) is 101 Å². The fourth-order valence-electron chi connectivity index (χ4n) is 4.42. The first kappa shape index (κ1) is 43.5. The van der Waals surface area contributed by atoms with E-state index in [1.807, 2.05) is 27.2 Å². The number of allylic oxidation sites excluding steroid dienone is 7. The number of rotatable bonds is 30. The second kappa shape index (κ2) is 28.7. The summed E-state index contributed by atoms with van der Waals surface area (Å²) in [5, 5.41) is 13.6. The lowest BCUT2D eigenvalue weighted by atomic mass is 10.1. The Morgan fingerprint density at radius 2 is 1.31 bits per heavy atom. The van der Waals surface area contributed by atoms with Crippen molar-refractivity contribution in [3.05, 3.63) is 48.6 Å². The zero-order chi connectivity index (χ0) is 33.7. The van der Waals surface area contributed by atoms with Gasteiger partial charge in [0.25, 0.3) is 7.82 Å². The van der Waals surface area contributed by atoms with Crippen LogP contribution in [0.25, 0.3) is 0 Å². The summed E-state index contributed by atoms with van der Waals surface area (Å²) < 4.78 is 23.0. The van der Waals surface area contributed by atoms with Gasteiger partial charge in [-0.2, -0.15) is 0 Å². The van der Waals surface area contributed by atoms with Gasteiger partial charge in [0, 0.05) is 6.42 Å². The Morgan fingerprint density at radius 3 is 1.91 bits per heavy atom. The highest BCUT2D eigenvalue weighted by atomic mass is 31.2. The standard InChI is InChI=1S/C36H67N2O6P/c1-6-8-10-12-14-16-18-19-20-22-24-26-28-30-36(40)37-34(33-44-45(41,42)43-32-31-38(3,4)5)35(39)29-27-25-23-21-17-15-13-11-9-7-2/h9,11,16-18,21,27,29,34-35,39H,6-8,10,12-15,19-20,22-26,28,30-33H2,1-5H3,(H-,37,40,41,42)/b11-9+,18-16-,21-17+,29-27+. The number of amides is 1. The second-order valence-electron chi connectivity index (χ2n) is 12.8. The van der Waals surface area contributed by atoms with E-state index >= 15 is 0 Å². The maximum absolute atomic E-state index is 12.7. The smallest absolute Gasteiger partial charge is 0.268 e. The van der Waals surface area contributed by atoms with E-state index in [2.05, 4.69) is 55.6 Å². The van der Waals surface area contributed by atoms with Crippen LogP contribution < -0.4 is 10.2 Å². The van der Waals surface area contributed by atoms with Crippen molar-refractivity contribution < 1.29 is 32.9 Å². The van der Waals surface area contributed by atoms with Crippen LogP contribution in [0.1, 0.15) is 123 Å². The quantitative estimate of drug-likeness (QED) is 0.0353. The van der Waals surface area contributed by atoms with Gasteiger partial charge in [0.1, 0.15) is 13.2 Å². The van der Waals surface area contributed by atoms with Crippen molar-refractivity contribution in [2.24, 2.45) is 0 Å². The molecule has 45 heavy (non-hydrogen) atoms. The van der Waals surface area contributed by atoms with E-state index in [9.17, 15) is 19.4 Å². The number of aliphatic hydroxyl groups is 1. The van der Waals surface area contributed by atoms with Gasteiger partial charge in [-0.05, 0) is 64.2 Å². The van der Waals surface area contributed by atoms with Crippen LogP contribution in [-0.2, 0) is 18.4 Å². The lowest BCUT2D eigenvalue weighted by Crippen LogP contribution is -2.45. The van der Waals surface area contributed by atoms with Crippen molar-refractivity contribution in [2.45, 2.75) is 135 Å². The number of carbonyl (C=O) groups excluding carboxylic acids is 1. The Balaban J connectivity index is 4.66. The molecule has 2 N–H and O–H groups in total. The molecular formula is C36H67N2O6P. The molecule has 1 amide bonds. The molecule has 0 aliphatic rings. The number of hydrogen-bond acceptors (Lipinski definition) is 6. The lowest BCUT2D eigenvalue weighted by Gasteiger charge is -2.29. The van der Waals surface area contributed by atoms with Crippen molar-refractivity contribution in [1.82, 2.24) is 5.32 Å². The average molecular weight is 655 g/mol. The van der Waals surface area contributed by atoms with Gasteiger partial charge in [0.05, 0.1) is 39.9 Å². The zero-order valence-electron chi connectivity index (χ0n) is 29.3. The third-order valence-corrected chi connectivity index (χ3v) is 8.21. The van der Waals surface area contributed by atoms with E-state index in [0.717, 1.165) is 70.6 Å². The number of phosphoric ester groups is 1. The number of likely N-dealkylation sites (N-methyl/N-ethyl adjacent to an activating group) is 1. The topological polar surface area (TPSA) is 108 Å². The van der Waals surface area contributed by atoms with Crippen LogP contribution in [0.2, 0.25) is 0 Å². The van der Waals surface area contributed by atoms with Crippen molar-refractivity contribution in [1.29, 1.82) is 0 Å². The minimum absolute atomic E-state index is 0.0124. The molecule has 0 aromatic rings. The summed E-state index contributed by atoms with van der Waals surface area (Å²) >= 11 is 0. The average Bonchev–Trinajstić information content (AvgIpc) is 2.97. The van der Waals surface area contributed by atoms with Crippen molar-refractivity contribution in [3.63, 3.8) is 0 Å². The Kier molecular flexibility index (Phi) is 27.7. The molecule has 0 fully saturated rings. The Hall–Kier alpha value is -1.54. The molecule has 0 aliphatic carbocycles. The van der Waals surface area contributed by atoms with E-state index in [-0.39, 0.29) is 12.5 Å². The fraction of sp³-hybridized carbons (Fsp3) is 0.750. The first-order valence-corrected chi connectivity index (χ1v) is 19.0. The molecule has 262 valence electrons. The molecule has 0 saturated carbocycles. The predicted molar refractivity (Wildman–Crippen MR) is 187 cm³/mol. The molecule has 0 radical (unpaired) electrons. The van der Waals surface area contributed by atoms with E-state index < -0.39 is 26.6 Å². The molecule has 0 heterocycles. The minimum atomic E-state index is -4.59. The van der Waals surface area contributed by atoms with Crippen LogP contribution in [0.5, 0.6) is 0 Å². The molecule has 9 heteroatoms. The summed E-state index contributed by atoms with van der Waals surface area (Å²) in [6, 6.07) is -0.910. The minimum Gasteiger partial charge on any atom is -0.756 e. The summed E-state index contributed by atoms with van der Waals surface area (Å²) in [4.78, 5) is 25.0. The van der Waals surface area contributed by atoms with Gasteiger partial charge in [0.15, 0.2) is 0 Å². The largest absolute Gasteiger partial charge is 0.756 e. The molecule has 0 aromatic heterocycles. The predicted octanol–water partition coefficient (Wildman–Crippen LogP) is 7.94. The third-order valence-electron chi connectivity index (χ3n) is 7.25. The van der Waals surface area contributed by atoms with Crippen molar-refractivity contribution in [2.75, 3.05) is 40.9 Å². The molecule has 8 nitrogen and oxygen atoms in total. The van der Waals surface area contributed by atoms with E-state index in [1.165, 1.54) is 32.1 Å². The summed E-state index contributed by atoms with van der Waals surface area (Å²) in [6.07, 6.45) is 33.1. The zero-order valence-corrected chi connectivity index (χ0v) is 30.2. The first-order valence-electron chi connectivity index (χ1n) is 17.5. The molecule has 0 bridgehead atoms. The van der Waals surface area contributed by atoms with Crippen LogP contribution in [0.15, 0.2) is 48.6 Å². The molecule has 0 saturated heterocycles. The van der Waals surface area contributed by atoms with Gasteiger partial charge < -0.3 is 28.8 Å². The second-order valence-corrected chi connectivity index (χ2v) is 14.2. The fourth-order valence-corrected chi connectivity index (χ4v) is 5.14. The number of hydrogen-bond donors (Lipinski definition) is 2. The van der Waals surface area contributed by atoms with E-state index in [1.54, 1.807) is 6.08 Å². The maximum atomic E-state index is 12.7. The van der Waals surface area contributed by atoms with Crippen LogP contribution >= 0.6 is 7.82 Å². The highest BCUT2D eigenvalue weighted by molar-refractivity contribution is 7.45. The molecule has 0 rings (SSSR count). The van der Waals surface area contributed by atoms with E-state index in [0.29, 0.717) is 17.4 Å². The number of carbonyl (C=O) groups is 1. The summed E-state index contributed by atoms with van der Waals surface area (Å²) in [7, 11) is 1.22. The highest BCUT2D eigenvalue weighted by Gasteiger charge is 2.23. The van der Waals surface area contributed by atoms with Crippen LogP contribution in [0.3, 0.4) is 0 Å². The van der Waals surface area contributed by atoms with Crippen molar-refractivity contribution >= 4 is 13.7 Å². The maximum Gasteiger partial charge on any atom is 0.268 e. The highest BCUT2D eigenvalue weighted by Crippen LogP contribution is 2.38. The molecule has 0 aromatic carbocycles. The Labute approximate surface area is 276 Å². The lowest BCUT2D eigenvalue weighted by molar-refractivity contribution is -0.870. The third kappa shape index (κ3) is 30.9. The molecular weight excluding hydrogens is 587 g/mol. The summed E-state index contributed by atoms with van der Waals surface area (Å²) in [5.74, 6) is -0.228. The van der Waals surface area contributed by atoms with Crippen LogP contribution in [0, 0.1) is 0 Å². The number of aliphatic hydroxyl groups excluding tert-OH is 1. The van der Waals surface area contributed by atoms with Crippen molar-refractivity contribution in [3.8, 4) is 0 Å². The molecule has 0 spiro atoms. The SMILES string of the molecule is CC/C=C/CC/C=C/CC/C=C/C(O)C(COP(=O)([O-])OCC[N+](C)(C)C)NC(=O)CCCCCCC/C=C\CCCCCC. The van der Waals surface area contributed by atoms with E-state index in [4.69, 9.17) is 9.05 Å². The summed E-state index contributed by atoms with van der Waals surface area (Å²) in [5.41, 5.74) is 0. The molecule has 3 atom stereocenters. The van der Waals surface area contributed by atoms with Gasteiger partial charge in [0.2, 0.25) is 5.91 Å². The van der Waals surface area contributed by atoms with Crippen LogP contribution in [0.4, 0.5) is 0 Å². The molecule has 3 unspecified atom stereocenters. The first-order chi connectivity index (χ1) is 21.5. The van der Waals surface area contributed by atoms with Gasteiger partial charge in [-0.25, -0.2) is 0 Å².